The summed E-state index contributed by atoms with van der Waals surface area (Å²) in [5, 5.41) is 19.4. The van der Waals surface area contributed by atoms with Crippen LogP contribution in [0.15, 0.2) is 18.2 Å². The minimum atomic E-state index is -1.01. The van der Waals surface area contributed by atoms with Crippen LogP contribution in [-0.4, -0.2) is 52.6 Å². The van der Waals surface area contributed by atoms with Crippen LogP contribution in [0.25, 0.3) is 0 Å². The number of carboxylic acid groups (broad SMARTS) is 1. The summed E-state index contributed by atoms with van der Waals surface area (Å²) in [6.07, 6.45) is -0.773. The summed E-state index contributed by atoms with van der Waals surface area (Å²) in [6.45, 7) is 0.676. The van der Waals surface area contributed by atoms with Crippen LogP contribution in [0.5, 0.6) is 0 Å². The summed E-state index contributed by atoms with van der Waals surface area (Å²) in [6, 6.07) is 3.61. The molecule has 1 aromatic rings. The third-order valence-electron chi connectivity index (χ3n) is 3.22. The zero-order chi connectivity index (χ0) is 16.3. The molecular formula is C13H13ClN2O6. The zero-order valence-electron chi connectivity index (χ0n) is 11.4. The number of hydrogen-bond acceptors (Lipinski definition) is 5. The van der Waals surface area contributed by atoms with E-state index >= 15 is 0 Å². The quantitative estimate of drug-likeness (QED) is 0.663. The lowest BCUT2D eigenvalue weighted by molar-refractivity contribution is -0.384. The lowest BCUT2D eigenvalue weighted by Gasteiger charge is -2.32. The summed E-state index contributed by atoms with van der Waals surface area (Å²) < 4.78 is 5.29. The van der Waals surface area contributed by atoms with Gasteiger partial charge in [-0.3, -0.25) is 19.7 Å². The number of carbonyl (C=O) groups is 2. The number of nitro groups is 1. The van der Waals surface area contributed by atoms with E-state index in [4.69, 9.17) is 21.4 Å². The highest BCUT2D eigenvalue weighted by atomic mass is 35.5. The maximum atomic E-state index is 12.4. The molecule has 1 aromatic carbocycles. The molecule has 1 fully saturated rings. The predicted molar refractivity (Wildman–Crippen MR) is 76.0 cm³/mol. The molecule has 0 bridgehead atoms. The van der Waals surface area contributed by atoms with Crippen molar-refractivity contribution in [1.82, 2.24) is 4.90 Å². The molecule has 1 saturated heterocycles. The van der Waals surface area contributed by atoms with Gasteiger partial charge < -0.3 is 14.7 Å². The second-order valence-corrected chi connectivity index (χ2v) is 5.17. The highest BCUT2D eigenvalue weighted by Gasteiger charge is 2.28. The van der Waals surface area contributed by atoms with Gasteiger partial charge in [-0.2, -0.15) is 0 Å². The van der Waals surface area contributed by atoms with Crippen molar-refractivity contribution in [1.29, 1.82) is 0 Å². The molecule has 1 heterocycles. The number of aliphatic carboxylic acids is 1. The minimum Gasteiger partial charge on any atom is -0.481 e. The second kappa shape index (κ2) is 6.71. The average Bonchev–Trinajstić information content (AvgIpc) is 2.46. The Balaban J connectivity index is 2.13. The topological polar surface area (TPSA) is 110 Å². The molecule has 1 N–H and O–H groups in total. The number of carboxylic acids is 1. The molecule has 1 aliphatic rings. The van der Waals surface area contributed by atoms with Crippen molar-refractivity contribution in [3.8, 4) is 0 Å². The van der Waals surface area contributed by atoms with Crippen LogP contribution in [0.4, 0.5) is 5.69 Å². The molecule has 8 nitrogen and oxygen atoms in total. The normalized spacial score (nSPS) is 18.0. The van der Waals surface area contributed by atoms with Crippen LogP contribution in [0.1, 0.15) is 16.8 Å². The number of rotatable bonds is 4. The Kier molecular flexibility index (Phi) is 4.94. The summed E-state index contributed by atoms with van der Waals surface area (Å²) in [5.74, 6) is -1.41. The van der Waals surface area contributed by atoms with Gasteiger partial charge in [0, 0.05) is 25.2 Å². The SMILES string of the molecule is O=C(O)CC1CN(C(=O)c2ccc([N+](=O)[O-])cc2Cl)CCO1. The number of nitro benzene ring substituents is 1. The average molecular weight is 329 g/mol. The second-order valence-electron chi connectivity index (χ2n) is 4.76. The van der Waals surface area contributed by atoms with Crippen molar-refractivity contribution in [2.45, 2.75) is 12.5 Å². The fourth-order valence-electron chi connectivity index (χ4n) is 2.18. The third-order valence-corrected chi connectivity index (χ3v) is 3.53. The fraction of sp³-hybridized carbons (Fsp3) is 0.385. The number of ether oxygens (including phenoxy) is 1. The van der Waals surface area contributed by atoms with Crippen LogP contribution < -0.4 is 0 Å². The van der Waals surface area contributed by atoms with Gasteiger partial charge in [-0.1, -0.05) is 11.6 Å². The molecule has 0 radical (unpaired) electrons. The van der Waals surface area contributed by atoms with E-state index in [1.54, 1.807) is 0 Å². The van der Waals surface area contributed by atoms with E-state index < -0.39 is 22.9 Å². The van der Waals surface area contributed by atoms with Gasteiger partial charge in [0.15, 0.2) is 0 Å². The summed E-state index contributed by atoms with van der Waals surface area (Å²) >= 11 is 5.93. The Morgan fingerprint density at radius 1 is 1.50 bits per heavy atom. The van der Waals surface area contributed by atoms with Crippen LogP contribution in [0, 0.1) is 10.1 Å². The van der Waals surface area contributed by atoms with E-state index in [0.29, 0.717) is 6.54 Å². The van der Waals surface area contributed by atoms with E-state index in [1.807, 2.05) is 0 Å². The predicted octanol–water partition coefficient (Wildman–Crippen LogP) is 1.56. The zero-order valence-corrected chi connectivity index (χ0v) is 12.2. The van der Waals surface area contributed by atoms with Crippen LogP contribution in [0.2, 0.25) is 5.02 Å². The number of nitrogens with zero attached hydrogens (tertiary/aromatic N) is 2. The number of carbonyl (C=O) groups excluding carboxylic acids is 1. The maximum Gasteiger partial charge on any atom is 0.306 e. The number of non-ortho nitro benzene ring substituents is 1. The number of amides is 1. The Bertz CT molecular complexity index is 621. The molecule has 1 amide bonds. The van der Waals surface area contributed by atoms with Gasteiger partial charge in [-0.15, -0.1) is 0 Å². The first-order valence-electron chi connectivity index (χ1n) is 6.45. The summed E-state index contributed by atoms with van der Waals surface area (Å²) in [4.78, 5) is 34.6. The molecule has 1 atom stereocenters. The number of benzene rings is 1. The van der Waals surface area contributed by atoms with Gasteiger partial charge in [0.25, 0.3) is 11.6 Å². The summed E-state index contributed by atoms with van der Waals surface area (Å²) in [5.41, 5.74) is -0.0597. The van der Waals surface area contributed by atoms with Gasteiger partial charge >= 0.3 is 5.97 Å². The van der Waals surface area contributed by atoms with Crippen molar-refractivity contribution >= 4 is 29.2 Å². The smallest absolute Gasteiger partial charge is 0.306 e. The molecule has 2 rings (SSSR count). The largest absolute Gasteiger partial charge is 0.481 e. The van der Waals surface area contributed by atoms with Crippen LogP contribution in [-0.2, 0) is 9.53 Å². The third kappa shape index (κ3) is 3.71. The highest BCUT2D eigenvalue weighted by Crippen LogP contribution is 2.24. The summed E-state index contributed by atoms with van der Waals surface area (Å²) in [7, 11) is 0. The van der Waals surface area contributed by atoms with Gasteiger partial charge in [-0.05, 0) is 6.07 Å². The lowest BCUT2D eigenvalue weighted by Crippen LogP contribution is -2.46. The van der Waals surface area contributed by atoms with Gasteiger partial charge in [-0.25, -0.2) is 0 Å². The molecule has 1 unspecified atom stereocenters. The molecule has 118 valence electrons. The van der Waals surface area contributed by atoms with E-state index in [-0.39, 0.29) is 35.8 Å². The molecule has 22 heavy (non-hydrogen) atoms. The monoisotopic (exact) mass is 328 g/mol. The van der Waals surface area contributed by atoms with E-state index in [2.05, 4.69) is 0 Å². The lowest BCUT2D eigenvalue weighted by atomic mass is 10.1. The van der Waals surface area contributed by atoms with Crippen molar-refractivity contribution in [2.75, 3.05) is 19.7 Å². The molecule has 0 saturated carbocycles. The molecule has 0 aliphatic carbocycles. The van der Waals surface area contributed by atoms with Gasteiger partial charge in [0.05, 0.1) is 34.6 Å². The highest BCUT2D eigenvalue weighted by molar-refractivity contribution is 6.34. The van der Waals surface area contributed by atoms with E-state index in [1.165, 1.54) is 17.0 Å². The van der Waals surface area contributed by atoms with Crippen LogP contribution in [0.3, 0.4) is 0 Å². The Labute approximate surface area is 130 Å². The number of hydrogen-bond donors (Lipinski definition) is 1. The molecule has 9 heteroatoms. The standard InChI is InChI=1S/C13H13ClN2O6/c14-11-5-8(16(20)21)1-2-10(11)13(19)15-3-4-22-9(7-15)6-12(17)18/h1-2,5,9H,3-4,6-7H2,(H,17,18). The Morgan fingerprint density at radius 2 is 2.23 bits per heavy atom. The van der Waals surface area contributed by atoms with Crippen molar-refractivity contribution < 1.29 is 24.4 Å². The minimum absolute atomic E-state index is 0.0134. The Hall–Kier alpha value is -2.19. The first-order chi connectivity index (χ1) is 10.4. The first kappa shape index (κ1) is 16.2. The first-order valence-corrected chi connectivity index (χ1v) is 6.83. The van der Waals surface area contributed by atoms with E-state index in [0.717, 1.165) is 6.07 Å². The van der Waals surface area contributed by atoms with Crippen molar-refractivity contribution in [3.63, 3.8) is 0 Å². The van der Waals surface area contributed by atoms with Gasteiger partial charge in [0.1, 0.15) is 0 Å². The van der Waals surface area contributed by atoms with Crippen molar-refractivity contribution in [3.05, 3.63) is 38.9 Å². The van der Waals surface area contributed by atoms with Crippen LogP contribution >= 0.6 is 11.6 Å². The maximum absolute atomic E-state index is 12.4. The van der Waals surface area contributed by atoms with E-state index in [9.17, 15) is 19.7 Å². The molecule has 0 aromatic heterocycles. The number of halogens is 1. The molecular weight excluding hydrogens is 316 g/mol. The number of morpholine rings is 1. The fourth-order valence-corrected chi connectivity index (χ4v) is 2.44. The van der Waals surface area contributed by atoms with Gasteiger partial charge in [0.2, 0.25) is 0 Å². The Morgan fingerprint density at radius 3 is 2.82 bits per heavy atom. The molecule has 1 aliphatic heterocycles. The molecule has 0 spiro atoms. The van der Waals surface area contributed by atoms with Crippen molar-refractivity contribution in [2.24, 2.45) is 0 Å².